The lowest BCUT2D eigenvalue weighted by Crippen LogP contribution is -2.40. The van der Waals surface area contributed by atoms with E-state index in [1.54, 1.807) is 24.3 Å². The molecule has 1 unspecified atom stereocenters. The summed E-state index contributed by atoms with van der Waals surface area (Å²) in [6, 6.07) is 10.2. The van der Waals surface area contributed by atoms with Gasteiger partial charge < -0.3 is 9.64 Å². The molecule has 10 heteroatoms. The van der Waals surface area contributed by atoms with Crippen LogP contribution in [0.15, 0.2) is 42.5 Å². The van der Waals surface area contributed by atoms with Gasteiger partial charge in [0, 0.05) is 24.7 Å². The number of hydrogen-bond acceptors (Lipinski definition) is 6. The maximum absolute atomic E-state index is 13.3. The Labute approximate surface area is 179 Å². The SMILES string of the molecule is CCOc1ccc(CN(C(=O)c2cc([N+](=O)[O-])ccc2Cl)C2CCS(=O)(=O)C2)cc1. The number of non-ortho nitro benzene ring substituents is 1. The van der Waals surface area contributed by atoms with Crippen molar-refractivity contribution in [3.8, 4) is 5.75 Å². The highest BCUT2D eigenvalue weighted by Crippen LogP contribution is 2.28. The van der Waals surface area contributed by atoms with E-state index in [0.29, 0.717) is 18.8 Å². The molecule has 160 valence electrons. The Morgan fingerprint density at radius 1 is 1.27 bits per heavy atom. The van der Waals surface area contributed by atoms with Crippen molar-refractivity contribution >= 4 is 33.0 Å². The third-order valence-electron chi connectivity index (χ3n) is 4.89. The van der Waals surface area contributed by atoms with Gasteiger partial charge in [-0.15, -0.1) is 0 Å². The van der Waals surface area contributed by atoms with E-state index in [9.17, 15) is 23.3 Å². The van der Waals surface area contributed by atoms with E-state index in [-0.39, 0.29) is 34.3 Å². The highest BCUT2D eigenvalue weighted by molar-refractivity contribution is 7.91. The van der Waals surface area contributed by atoms with Crippen LogP contribution in [0.1, 0.15) is 29.3 Å². The highest BCUT2D eigenvalue weighted by Gasteiger charge is 2.36. The Balaban J connectivity index is 1.94. The lowest BCUT2D eigenvalue weighted by Gasteiger charge is -2.29. The summed E-state index contributed by atoms with van der Waals surface area (Å²) in [4.78, 5) is 25.3. The van der Waals surface area contributed by atoms with E-state index in [2.05, 4.69) is 0 Å². The number of halogens is 1. The van der Waals surface area contributed by atoms with E-state index < -0.39 is 26.7 Å². The van der Waals surface area contributed by atoms with Crippen LogP contribution in [0, 0.1) is 10.1 Å². The van der Waals surface area contributed by atoms with Crippen LogP contribution in [0.3, 0.4) is 0 Å². The van der Waals surface area contributed by atoms with Gasteiger partial charge in [0.1, 0.15) is 5.75 Å². The second-order valence-electron chi connectivity index (χ2n) is 6.99. The number of amides is 1. The fourth-order valence-corrected chi connectivity index (χ4v) is 5.32. The molecule has 1 atom stereocenters. The molecule has 0 spiro atoms. The largest absolute Gasteiger partial charge is 0.494 e. The molecule has 0 aliphatic carbocycles. The maximum Gasteiger partial charge on any atom is 0.270 e. The molecule has 0 N–H and O–H groups in total. The molecule has 1 aliphatic heterocycles. The minimum Gasteiger partial charge on any atom is -0.494 e. The predicted molar refractivity (Wildman–Crippen MR) is 113 cm³/mol. The first-order valence-corrected chi connectivity index (χ1v) is 11.6. The number of sulfone groups is 1. The van der Waals surface area contributed by atoms with Crippen molar-refractivity contribution in [1.29, 1.82) is 0 Å². The summed E-state index contributed by atoms with van der Waals surface area (Å²) < 4.78 is 29.4. The lowest BCUT2D eigenvalue weighted by atomic mass is 10.1. The molecule has 1 aliphatic rings. The summed E-state index contributed by atoms with van der Waals surface area (Å²) in [7, 11) is -3.25. The molecule has 1 fully saturated rings. The molecular formula is C20H21ClN2O6S. The fraction of sp³-hybridized carbons (Fsp3) is 0.350. The molecule has 1 amide bonds. The van der Waals surface area contributed by atoms with E-state index in [4.69, 9.17) is 16.3 Å². The van der Waals surface area contributed by atoms with Crippen LogP contribution < -0.4 is 4.74 Å². The van der Waals surface area contributed by atoms with Gasteiger partial charge in [0.2, 0.25) is 0 Å². The van der Waals surface area contributed by atoms with Gasteiger partial charge >= 0.3 is 0 Å². The summed E-state index contributed by atoms with van der Waals surface area (Å²) in [5.74, 6) is -0.0145. The number of rotatable bonds is 7. The zero-order valence-electron chi connectivity index (χ0n) is 16.3. The van der Waals surface area contributed by atoms with E-state index in [0.717, 1.165) is 11.6 Å². The smallest absolute Gasteiger partial charge is 0.270 e. The molecule has 1 saturated heterocycles. The molecule has 0 bridgehead atoms. The Morgan fingerprint density at radius 2 is 1.97 bits per heavy atom. The molecule has 30 heavy (non-hydrogen) atoms. The topological polar surface area (TPSA) is 107 Å². The molecule has 1 heterocycles. The van der Waals surface area contributed by atoms with Gasteiger partial charge in [-0.1, -0.05) is 23.7 Å². The number of carbonyl (C=O) groups excluding carboxylic acids is 1. The quantitative estimate of drug-likeness (QED) is 0.470. The Bertz CT molecular complexity index is 1060. The Morgan fingerprint density at radius 3 is 2.53 bits per heavy atom. The van der Waals surface area contributed by atoms with Crippen molar-refractivity contribution in [2.75, 3.05) is 18.1 Å². The lowest BCUT2D eigenvalue weighted by molar-refractivity contribution is -0.384. The number of nitro benzene ring substituents is 1. The number of ether oxygens (including phenoxy) is 1. The van der Waals surface area contributed by atoms with Crippen molar-refractivity contribution in [3.63, 3.8) is 0 Å². The van der Waals surface area contributed by atoms with Gasteiger partial charge in [-0.2, -0.15) is 0 Å². The molecule has 0 saturated carbocycles. The van der Waals surface area contributed by atoms with Crippen molar-refractivity contribution in [2.45, 2.75) is 25.9 Å². The molecule has 8 nitrogen and oxygen atoms in total. The Kier molecular flexibility index (Phi) is 6.62. The normalized spacial score (nSPS) is 17.5. The van der Waals surface area contributed by atoms with Crippen molar-refractivity contribution in [2.24, 2.45) is 0 Å². The number of benzene rings is 2. The highest BCUT2D eigenvalue weighted by atomic mass is 35.5. The summed E-state index contributed by atoms with van der Waals surface area (Å²) in [6.45, 7) is 2.54. The number of nitro groups is 1. The van der Waals surface area contributed by atoms with Crippen molar-refractivity contribution < 1.29 is 22.9 Å². The number of hydrogen-bond donors (Lipinski definition) is 0. The first kappa shape index (κ1) is 22.0. The summed E-state index contributed by atoms with van der Waals surface area (Å²) in [6.07, 6.45) is 0.303. The van der Waals surface area contributed by atoms with Crippen molar-refractivity contribution in [3.05, 3.63) is 68.7 Å². The van der Waals surface area contributed by atoms with Gasteiger partial charge in [-0.3, -0.25) is 14.9 Å². The fourth-order valence-electron chi connectivity index (χ4n) is 3.39. The first-order valence-electron chi connectivity index (χ1n) is 9.37. The maximum atomic E-state index is 13.3. The minimum absolute atomic E-state index is 0.00655. The van der Waals surface area contributed by atoms with Crippen LogP contribution in [0.4, 0.5) is 5.69 Å². The average Bonchev–Trinajstić information content (AvgIpc) is 3.06. The summed E-state index contributed by atoms with van der Waals surface area (Å²) >= 11 is 6.16. The summed E-state index contributed by atoms with van der Waals surface area (Å²) in [5, 5.41) is 11.2. The molecule has 0 radical (unpaired) electrons. The van der Waals surface area contributed by atoms with Gasteiger partial charge in [-0.25, -0.2) is 8.42 Å². The van der Waals surface area contributed by atoms with Crippen LogP contribution in [-0.4, -0.2) is 48.3 Å². The van der Waals surface area contributed by atoms with Crippen LogP contribution in [0.5, 0.6) is 5.75 Å². The van der Waals surface area contributed by atoms with Crippen molar-refractivity contribution in [1.82, 2.24) is 4.90 Å². The molecular weight excluding hydrogens is 432 g/mol. The number of carbonyl (C=O) groups is 1. The molecule has 3 rings (SSSR count). The van der Waals surface area contributed by atoms with Gasteiger partial charge in [0.15, 0.2) is 9.84 Å². The summed E-state index contributed by atoms with van der Waals surface area (Å²) in [5.41, 5.74) is 0.488. The zero-order valence-corrected chi connectivity index (χ0v) is 17.9. The van der Waals surface area contributed by atoms with E-state index >= 15 is 0 Å². The van der Waals surface area contributed by atoms with Gasteiger partial charge in [0.05, 0.1) is 33.6 Å². The van der Waals surface area contributed by atoms with E-state index in [1.165, 1.54) is 17.0 Å². The van der Waals surface area contributed by atoms with Crippen LogP contribution in [0.2, 0.25) is 5.02 Å². The molecule has 2 aromatic carbocycles. The van der Waals surface area contributed by atoms with Gasteiger partial charge in [-0.05, 0) is 37.1 Å². The zero-order chi connectivity index (χ0) is 21.9. The number of nitrogens with zero attached hydrogens (tertiary/aromatic N) is 2. The average molecular weight is 453 g/mol. The standard InChI is InChI=1S/C20H21ClN2O6S/c1-2-29-17-6-3-14(4-7-17)12-22(16-9-10-30(27,28)13-16)20(24)18-11-15(23(25)26)5-8-19(18)21/h3-8,11,16H,2,9-10,12-13H2,1H3. The van der Waals surface area contributed by atoms with Gasteiger partial charge in [0.25, 0.3) is 11.6 Å². The van der Waals surface area contributed by atoms with Crippen LogP contribution >= 0.6 is 11.6 Å². The molecule has 2 aromatic rings. The minimum atomic E-state index is -3.25. The second kappa shape index (κ2) is 9.01. The predicted octanol–water partition coefficient (Wildman–Crippen LogP) is 3.48. The third-order valence-corrected chi connectivity index (χ3v) is 6.97. The second-order valence-corrected chi connectivity index (χ2v) is 9.62. The monoisotopic (exact) mass is 452 g/mol. The Hall–Kier alpha value is -2.65. The molecule has 0 aromatic heterocycles. The first-order chi connectivity index (χ1) is 14.2. The van der Waals surface area contributed by atoms with Crippen LogP contribution in [0.25, 0.3) is 0 Å². The third kappa shape index (κ3) is 5.09. The van der Waals surface area contributed by atoms with E-state index in [1.807, 2.05) is 6.92 Å². The van der Waals surface area contributed by atoms with Crippen LogP contribution in [-0.2, 0) is 16.4 Å².